The van der Waals surface area contributed by atoms with Crippen molar-refractivity contribution in [3.63, 3.8) is 0 Å². The number of para-hydroxylation sites is 2. The summed E-state index contributed by atoms with van der Waals surface area (Å²) in [6.45, 7) is 0. The molecule has 51 heavy (non-hydrogen) atoms. The molecule has 0 saturated carbocycles. The van der Waals surface area contributed by atoms with Crippen molar-refractivity contribution in [2.45, 2.75) is 0 Å². The number of benzene rings is 8. The van der Waals surface area contributed by atoms with Crippen LogP contribution in [0.1, 0.15) is 0 Å². The van der Waals surface area contributed by atoms with Gasteiger partial charge in [-0.15, -0.1) is 0 Å². The molecule has 2 aromatic heterocycles. The summed E-state index contributed by atoms with van der Waals surface area (Å²) in [5.74, 6) is 0.705. The zero-order chi connectivity index (χ0) is 33.7. The van der Waals surface area contributed by atoms with Crippen LogP contribution in [0.5, 0.6) is 0 Å². The highest BCUT2D eigenvalue weighted by molar-refractivity contribution is 6.12. The van der Waals surface area contributed by atoms with Gasteiger partial charge in [0.05, 0.1) is 22.4 Å². The highest BCUT2D eigenvalue weighted by Gasteiger charge is 2.16. The Balaban J connectivity index is 1.06. The van der Waals surface area contributed by atoms with E-state index in [2.05, 4.69) is 187 Å². The molecule has 0 atom stereocenters. The normalized spacial score (nSPS) is 11.5. The van der Waals surface area contributed by atoms with Gasteiger partial charge in [-0.3, -0.25) is 0 Å². The van der Waals surface area contributed by atoms with E-state index in [1.165, 1.54) is 43.4 Å². The summed E-state index contributed by atoms with van der Waals surface area (Å²) in [5, 5.41) is 7.28. The fourth-order valence-corrected chi connectivity index (χ4v) is 7.57. The third-order valence-electron chi connectivity index (χ3n) is 10.0. The second kappa shape index (κ2) is 11.9. The molecule has 3 nitrogen and oxygen atoms in total. The summed E-state index contributed by atoms with van der Waals surface area (Å²) in [6.07, 6.45) is 0. The van der Waals surface area contributed by atoms with E-state index in [4.69, 9.17) is 9.97 Å². The minimum atomic E-state index is 0.705. The molecule has 0 bridgehead atoms. The Morgan fingerprint density at radius 2 is 0.804 bits per heavy atom. The predicted octanol–water partition coefficient (Wildman–Crippen LogP) is 12.5. The third kappa shape index (κ3) is 4.98. The van der Waals surface area contributed by atoms with Crippen molar-refractivity contribution in [3.8, 4) is 50.7 Å². The van der Waals surface area contributed by atoms with Gasteiger partial charge >= 0.3 is 0 Å². The highest BCUT2D eigenvalue weighted by Crippen LogP contribution is 2.38. The monoisotopic (exact) mass is 649 g/mol. The first kappa shape index (κ1) is 29.1. The minimum absolute atomic E-state index is 0.705. The number of hydrogen-bond donors (Lipinski definition) is 0. The zero-order valence-corrected chi connectivity index (χ0v) is 27.7. The van der Waals surface area contributed by atoms with Gasteiger partial charge < -0.3 is 4.57 Å². The summed E-state index contributed by atoms with van der Waals surface area (Å²) >= 11 is 0. The number of hydrogen-bond acceptors (Lipinski definition) is 2. The van der Waals surface area contributed by atoms with Gasteiger partial charge in [0.1, 0.15) is 0 Å². The SMILES string of the molecule is c1ccc(-c2cc(-c3c4ccccc4cc4ccccc34)nc(-c3ccc(-c4ccc(-n5c6ccccc6c6ccccc65)cc4)cc3)n2)cc1. The Morgan fingerprint density at radius 3 is 1.41 bits per heavy atom. The third-order valence-corrected chi connectivity index (χ3v) is 10.0. The van der Waals surface area contributed by atoms with Crippen LogP contribution in [0.25, 0.3) is 94.1 Å². The summed E-state index contributed by atoms with van der Waals surface area (Å²) in [4.78, 5) is 10.4. The molecule has 10 aromatic rings. The Hall–Kier alpha value is -6.84. The molecule has 0 fully saturated rings. The first-order chi connectivity index (χ1) is 25.3. The van der Waals surface area contributed by atoms with Crippen molar-refractivity contribution < 1.29 is 0 Å². The van der Waals surface area contributed by atoms with Crippen molar-refractivity contribution in [1.29, 1.82) is 0 Å². The van der Waals surface area contributed by atoms with Crippen LogP contribution >= 0.6 is 0 Å². The second-order valence-corrected chi connectivity index (χ2v) is 13.0. The van der Waals surface area contributed by atoms with Crippen LogP contribution in [0.3, 0.4) is 0 Å². The van der Waals surface area contributed by atoms with Gasteiger partial charge in [-0.2, -0.15) is 0 Å². The van der Waals surface area contributed by atoms with Crippen LogP contribution in [-0.4, -0.2) is 14.5 Å². The van der Waals surface area contributed by atoms with Crippen LogP contribution in [0, 0.1) is 0 Å². The van der Waals surface area contributed by atoms with Crippen molar-refractivity contribution in [1.82, 2.24) is 14.5 Å². The quantitative estimate of drug-likeness (QED) is 0.174. The first-order valence-corrected chi connectivity index (χ1v) is 17.3. The molecule has 8 aromatic carbocycles. The second-order valence-electron chi connectivity index (χ2n) is 13.0. The molecule has 3 heteroatoms. The lowest BCUT2D eigenvalue weighted by molar-refractivity contribution is 1.18. The Labute approximate surface area is 295 Å². The van der Waals surface area contributed by atoms with Gasteiger partial charge in [0, 0.05) is 33.2 Å². The Bertz CT molecular complexity index is 2780. The van der Waals surface area contributed by atoms with Crippen molar-refractivity contribution in [3.05, 3.63) is 188 Å². The molecular formula is C48H31N3. The van der Waals surface area contributed by atoms with Gasteiger partial charge in [-0.25, -0.2) is 9.97 Å². The number of aromatic nitrogens is 3. The van der Waals surface area contributed by atoms with E-state index in [0.717, 1.165) is 44.9 Å². The first-order valence-electron chi connectivity index (χ1n) is 17.3. The van der Waals surface area contributed by atoms with Gasteiger partial charge in [0.15, 0.2) is 5.82 Å². The summed E-state index contributed by atoms with van der Waals surface area (Å²) in [6, 6.07) is 66.7. The summed E-state index contributed by atoms with van der Waals surface area (Å²) in [5.41, 5.74) is 10.9. The molecule has 0 spiro atoms. The standard InChI is InChI=1S/C48H31N3/c1-2-12-34(13-3-1)43-31-44(47-39-16-6-4-14-36(39)30-37-15-5-7-17-40(37)47)50-48(49-43)35-24-22-32(23-25-35)33-26-28-38(29-27-33)51-45-20-10-8-18-41(45)42-19-9-11-21-46(42)51/h1-31H. The van der Waals surface area contributed by atoms with E-state index >= 15 is 0 Å². The predicted molar refractivity (Wildman–Crippen MR) is 213 cm³/mol. The van der Waals surface area contributed by atoms with E-state index in [0.29, 0.717) is 5.82 Å². The lowest BCUT2D eigenvalue weighted by Crippen LogP contribution is -1.97. The van der Waals surface area contributed by atoms with E-state index in [1.807, 2.05) is 6.07 Å². The Morgan fingerprint density at radius 1 is 0.333 bits per heavy atom. The average molecular weight is 650 g/mol. The van der Waals surface area contributed by atoms with E-state index in [9.17, 15) is 0 Å². The number of fused-ring (bicyclic) bond motifs is 5. The lowest BCUT2D eigenvalue weighted by atomic mass is 9.94. The van der Waals surface area contributed by atoms with Crippen LogP contribution in [0.4, 0.5) is 0 Å². The number of rotatable bonds is 5. The van der Waals surface area contributed by atoms with Gasteiger partial charge in [-0.05, 0) is 69.1 Å². The fourth-order valence-electron chi connectivity index (χ4n) is 7.57. The van der Waals surface area contributed by atoms with E-state index in [-0.39, 0.29) is 0 Å². The Kier molecular flexibility index (Phi) is 6.81. The van der Waals surface area contributed by atoms with Crippen LogP contribution in [0.2, 0.25) is 0 Å². The fraction of sp³-hybridized carbons (Fsp3) is 0. The highest BCUT2D eigenvalue weighted by atomic mass is 15.0. The van der Waals surface area contributed by atoms with Gasteiger partial charge in [0.2, 0.25) is 0 Å². The molecular weight excluding hydrogens is 619 g/mol. The number of nitrogens with zero attached hydrogens (tertiary/aromatic N) is 3. The minimum Gasteiger partial charge on any atom is -0.309 e. The molecule has 0 unspecified atom stereocenters. The van der Waals surface area contributed by atoms with E-state index < -0.39 is 0 Å². The molecule has 0 aliphatic rings. The van der Waals surface area contributed by atoms with Crippen LogP contribution in [-0.2, 0) is 0 Å². The van der Waals surface area contributed by atoms with Gasteiger partial charge in [0.25, 0.3) is 0 Å². The molecule has 0 N–H and O–H groups in total. The lowest BCUT2D eigenvalue weighted by Gasteiger charge is -2.14. The summed E-state index contributed by atoms with van der Waals surface area (Å²) in [7, 11) is 0. The molecule has 0 saturated heterocycles. The molecule has 0 radical (unpaired) electrons. The van der Waals surface area contributed by atoms with E-state index in [1.54, 1.807) is 0 Å². The maximum atomic E-state index is 5.28. The van der Waals surface area contributed by atoms with Crippen molar-refractivity contribution in [2.75, 3.05) is 0 Å². The topological polar surface area (TPSA) is 30.7 Å². The average Bonchev–Trinajstić information content (AvgIpc) is 3.54. The van der Waals surface area contributed by atoms with Gasteiger partial charge in [-0.1, -0.05) is 152 Å². The largest absolute Gasteiger partial charge is 0.309 e. The maximum Gasteiger partial charge on any atom is 0.160 e. The summed E-state index contributed by atoms with van der Waals surface area (Å²) < 4.78 is 2.35. The smallest absolute Gasteiger partial charge is 0.160 e. The zero-order valence-electron chi connectivity index (χ0n) is 27.7. The molecule has 10 rings (SSSR count). The molecule has 2 heterocycles. The van der Waals surface area contributed by atoms with Crippen molar-refractivity contribution in [2.24, 2.45) is 0 Å². The van der Waals surface area contributed by atoms with Crippen molar-refractivity contribution >= 4 is 43.4 Å². The van der Waals surface area contributed by atoms with Crippen LogP contribution in [0.15, 0.2) is 188 Å². The maximum absolute atomic E-state index is 5.28. The van der Waals surface area contributed by atoms with Crippen LogP contribution < -0.4 is 0 Å². The molecule has 0 aliphatic carbocycles. The molecule has 0 amide bonds. The molecule has 0 aliphatic heterocycles. The molecule has 238 valence electrons.